The van der Waals surface area contributed by atoms with E-state index in [0.29, 0.717) is 5.92 Å². The molecular weight excluding hydrogens is 212 g/mol. The molecule has 1 heterocycles. The number of nitrogens with one attached hydrogen (secondary N) is 1. The second-order valence-electron chi connectivity index (χ2n) is 4.31. The Kier molecular flexibility index (Phi) is 3.66. The third-order valence-electron chi connectivity index (χ3n) is 3.18. The first-order valence-electron chi connectivity index (χ1n) is 5.94. The van der Waals surface area contributed by atoms with Crippen LogP contribution in [0.3, 0.4) is 0 Å². The van der Waals surface area contributed by atoms with Crippen LogP contribution in [0.25, 0.3) is 11.0 Å². The van der Waals surface area contributed by atoms with Gasteiger partial charge in [0.2, 0.25) is 0 Å². The Balaban J connectivity index is 2.40. The third-order valence-corrected chi connectivity index (χ3v) is 3.18. The third kappa shape index (κ3) is 2.43. The highest BCUT2D eigenvalue weighted by molar-refractivity contribution is 5.73. The molecule has 3 N–H and O–H groups in total. The van der Waals surface area contributed by atoms with E-state index in [0.717, 1.165) is 23.1 Å². The number of nitrogens with zero attached hydrogens (tertiary/aromatic N) is 2. The van der Waals surface area contributed by atoms with Crippen LogP contribution in [0.2, 0.25) is 0 Å². The van der Waals surface area contributed by atoms with Gasteiger partial charge in [0.05, 0.1) is 29.0 Å². The minimum Gasteiger partial charge on any atom is -0.271 e. The summed E-state index contributed by atoms with van der Waals surface area (Å²) in [5, 5.41) is 0. The first-order chi connectivity index (χ1) is 8.26. The maximum atomic E-state index is 5.61. The zero-order chi connectivity index (χ0) is 12.3. The summed E-state index contributed by atoms with van der Waals surface area (Å²) in [5.74, 6) is 6.03. The van der Waals surface area contributed by atoms with Gasteiger partial charge in [-0.2, -0.15) is 0 Å². The fourth-order valence-corrected chi connectivity index (χ4v) is 1.90. The van der Waals surface area contributed by atoms with E-state index in [1.54, 1.807) is 6.20 Å². The van der Waals surface area contributed by atoms with Crippen LogP contribution in [-0.2, 0) is 0 Å². The van der Waals surface area contributed by atoms with Crippen molar-refractivity contribution in [2.24, 2.45) is 11.8 Å². The molecule has 0 saturated carbocycles. The number of hydrazine groups is 1. The molecular formula is C13H18N4. The molecule has 2 unspecified atom stereocenters. The van der Waals surface area contributed by atoms with Gasteiger partial charge in [0.25, 0.3) is 0 Å². The summed E-state index contributed by atoms with van der Waals surface area (Å²) in [6, 6.07) is 7.91. The van der Waals surface area contributed by atoms with Gasteiger partial charge in [0, 0.05) is 0 Å². The van der Waals surface area contributed by atoms with E-state index in [1.165, 1.54) is 0 Å². The Hall–Kier alpha value is -1.52. The molecule has 17 heavy (non-hydrogen) atoms. The summed E-state index contributed by atoms with van der Waals surface area (Å²) >= 11 is 0. The van der Waals surface area contributed by atoms with Crippen LogP contribution in [0, 0.1) is 5.92 Å². The van der Waals surface area contributed by atoms with Crippen LogP contribution in [0.5, 0.6) is 0 Å². The Morgan fingerprint density at radius 1 is 1.29 bits per heavy atom. The average molecular weight is 230 g/mol. The van der Waals surface area contributed by atoms with Crippen molar-refractivity contribution in [1.82, 2.24) is 15.4 Å². The van der Waals surface area contributed by atoms with Gasteiger partial charge in [-0.1, -0.05) is 32.4 Å². The zero-order valence-electron chi connectivity index (χ0n) is 10.2. The number of hydrogen-bond acceptors (Lipinski definition) is 4. The molecule has 4 nitrogen and oxygen atoms in total. The molecule has 0 amide bonds. The molecule has 0 aliphatic heterocycles. The van der Waals surface area contributed by atoms with Gasteiger partial charge in [0.15, 0.2) is 0 Å². The molecule has 0 aliphatic carbocycles. The number of nitrogens with two attached hydrogens (primary N) is 1. The summed E-state index contributed by atoms with van der Waals surface area (Å²) in [6.45, 7) is 4.30. The van der Waals surface area contributed by atoms with Crippen molar-refractivity contribution in [1.29, 1.82) is 0 Å². The molecule has 90 valence electrons. The highest BCUT2D eigenvalue weighted by Gasteiger charge is 2.18. The van der Waals surface area contributed by atoms with E-state index in [2.05, 4.69) is 29.2 Å². The minimum absolute atomic E-state index is 0.0529. The lowest BCUT2D eigenvalue weighted by Gasteiger charge is -2.21. The molecule has 2 aromatic rings. The van der Waals surface area contributed by atoms with Crippen molar-refractivity contribution in [3.05, 3.63) is 36.2 Å². The Bertz CT molecular complexity index is 497. The van der Waals surface area contributed by atoms with Crippen LogP contribution >= 0.6 is 0 Å². The van der Waals surface area contributed by atoms with Gasteiger partial charge in [-0.15, -0.1) is 0 Å². The number of rotatable bonds is 4. The summed E-state index contributed by atoms with van der Waals surface area (Å²) in [5.41, 5.74) is 5.56. The Morgan fingerprint density at radius 2 is 2.00 bits per heavy atom. The largest absolute Gasteiger partial charge is 0.271 e. The number of aromatic nitrogens is 2. The minimum atomic E-state index is 0.0529. The molecule has 1 aromatic heterocycles. The highest BCUT2D eigenvalue weighted by Crippen LogP contribution is 2.22. The zero-order valence-corrected chi connectivity index (χ0v) is 10.2. The molecule has 0 spiro atoms. The fourth-order valence-electron chi connectivity index (χ4n) is 1.90. The molecule has 0 saturated heterocycles. The predicted octanol–water partition coefficient (Wildman–Crippen LogP) is 2.18. The molecule has 0 radical (unpaired) electrons. The molecule has 0 fully saturated rings. The van der Waals surface area contributed by atoms with Gasteiger partial charge in [0.1, 0.15) is 0 Å². The standard InChI is InChI=1S/C13H18N4/c1-3-9(2)13(17-14)12-8-15-10-6-4-5-7-11(10)16-12/h4-9,13,17H,3,14H2,1-2H3. The van der Waals surface area contributed by atoms with Crippen LogP contribution in [-0.4, -0.2) is 9.97 Å². The average Bonchev–Trinajstić information content (AvgIpc) is 2.39. The van der Waals surface area contributed by atoms with Crippen molar-refractivity contribution >= 4 is 11.0 Å². The molecule has 0 bridgehead atoms. The van der Waals surface area contributed by atoms with Gasteiger partial charge in [-0.05, 0) is 18.1 Å². The number of hydrogen-bond donors (Lipinski definition) is 2. The van der Waals surface area contributed by atoms with E-state index in [9.17, 15) is 0 Å². The van der Waals surface area contributed by atoms with Gasteiger partial charge < -0.3 is 0 Å². The van der Waals surface area contributed by atoms with Crippen LogP contribution < -0.4 is 11.3 Å². The lowest BCUT2D eigenvalue weighted by atomic mass is 9.97. The van der Waals surface area contributed by atoms with Crippen molar-refractivity contribution in [3.63, 3.8) is 0 Å². The van der Waals surface area contributed by atoms with Crippen LogP contribution in [0.1, 0.15) is 32.0 Å². The second kappa shape index (κ2) is 5.21. The molecule has 4 heteroatoms. The van der Waals surface area contributed by atoms with E-state index >= 15 is 0 Å². The second-order valence-corrected chi connectivity index (χ2v) is 4.31. The summed E-state index contributed by atoms with van der Waals surface area (Å²) < 4.78 is 0. The molecule has 1 aromatic carbocycles. The van der Waals surface area contributed by atoms with Crippen molar-refractivity contribution in [2.75, 3.05) is 0 Å². The Morgan fingerprint density at radius 3 is 2.65 bits per heavy atom. The quantitative estimate of drug-likeness (QED) is 0.624. The Labute approximate surface area is 101 Å². The fraction of sp³-hybridized carbons (Fsp3) is 0.385. The van der Waals surface area contributed by atoms with E-state index in [1.807, 2.05) is 24.3 Å². The van der Waals surface area contributed by atoms with Gasteiger partial charge in [-0.3, -0.25) is 16.3 Å². The first-order valence-corrected chi connectivity index (χ1v) is 5.94. The van der Waals surface area contributed by atoms with E-state index in [4.69, 9.17) is 5.84 Å². The molecule has 2 rings (SSSR count). The van der Waals surface area contributed by atoms with E-state index in [-0.39, 0.29) is 6.04 Å². The van der Waals surface area contributed by atoms with E-state index < -0.39 is 0 Å². The predicted molar refractivity (Wildman–Crippen MR) is 69.1 cm³/mol. The van der Waals surface area contributed by atoms with Gasteiger partial charge >= 0.3 is 0 Å². The number of fused-ring (bicyclic) bond motifs is 1. The lowest BCUT2D eigenvalue weighted by Crippen LogP contribution is -2.33. The SMILES string of the molecule is CCC(C)C(NN)c1cnc2ccccc2n1. The van der Waals surface area contributed by atoms with Crippen molar-refractivity contribution in [3.8, 4) is 0 Å². The number of para-hydroxylation sites is 2. The maximum absolute atomic E-state index is 5.61. The molecule has 0 aliphatic rings. The lowest BCUT2D eigenvalue weighted by molar-refractivity contribution is 0.375. The smallest absolute Gasteiger partial charge is 0.0890 e. The molecule has 2 atom stereocenters. The summed E-state index contributed by atoms with van der Waals surface area (Å²) in [4.78, 5) is 9.02. The summed E-state index contributed by atoms with van der Waals surface area (Å²) in [6.07, 6.45) is 2.85. The van der Waals surface area contributed by atoms with Gasteiger partial charge in [-0.25, -0.2) is 4.98 Å². The monoisotopic (exact) mass is 230 g/mol. The van der Waals surface area contributed by atoms with Crippen LogP contribution in [0.4, 0.5) is 0 Å². The van der Waals surface area contributed by atoms with Crippen molar-refractivity contribution in [2.45, 2.75) is 26.3 Å². The van der Waals surface area contributed by atoms with Crippen LogP contribution in [0.15, 0.2) is 30.5 Å². The first kappa shape index (κ1) is 12.0. The topological polar surface area (TPSA) is 63.8 Å². The summed E-state index contributed by atoms with van der Waals surface area (Å²) in [7, 11) is 0. The highest BCUT2D eigenvalue weighted by atomic mass is 15.2. The number of benzene rings is 1. The normalized spacial score (nSPS) is 14.8. The van der Waals surface area contributed by atoms with Crippen molar-refractivity contribution < 1.29 is 0 Å². The maximum Gasteiger partial charge on any atom is 0.0890 e.